The minimum absolute atomic E-state index is 0.116. The number of carbonyl (C=O) groups is 1. The highest BCUT2D eigenvalue weighted by Crippen LogP contribution is 2.20. The number of hydrogen-bond acceptors (Lipinski definition) is 4. The van der Waals surface area contributed by atoms with Gasteiger partial charge in [0.15, 0.2) is 0 Å². The van der Waals surface area contributed by atoms with Crippen LogP contribution in [0.2, 0.25) is 0 Å². The predicted molar refractivity (Wildman–Crippen MR) is 68.5 cm³/mol. The van der Waals surface area contributed by atoms with Crippen molar-refractivity contribution in [1.82, 2.24) is 5.48 Å². The number of phenols is 2. The Bertz CT molecular complexity index is 549. The molecule has 2 aromatic carbocycles. The zero-order valence-corrected chi connectivity index (χ0v) is 10.0. The highest BCUT2D eigenvalue weighted by Gasteiger charge is 2.08. The van der Waals surface area contributed by atoms with Gasteiger partial charge < -0.3 is 10.2 Å². The van der Waals surface area contributed by atoms with Gasteiger partial charge in [-0.3, -0.25) is 9.63 Å². The summed E-state index contributed by atoms with van der Waals surface area (Å²) in [5.74, 6) is -0.913. The first-order valence-electron chi connectivity index (χ1n) is 5.64. The zero-order valence-electron chi connectivity index (χ0n) is 10.0. The van der Waals surface area contributed by atoms with Crippen LogP contribution < -0.4 is 5.48 Å². The van der Waals surface area contributed by atoms with Crippen molar-refractivity contribution in [2.75, 3.05) is 0 Å². The van der Waals surface area contributed by atoms with Crippen LogP contribution in [0.4, 0.5) is 0 Å². The highest BCUT2D eigenvalue weighted by molar-refractivity contribution is 5.94. The Morgan fingerprint density at radius 3 is 2.32 bits per heavy atom. The van der Waals surface area contributed by atoms with Gasteiger partial charge in [-0.2, -0.15) is 0 Å². The number of carbonyl (C=O) groups excluding carboxylic acids is 1. The Hall–Kier alpha value is -2.53. The summed E-state index contributed by atoms with van der Waals surface area (Å²) < 4.78 is 0. The fourth-order valence-electron chi connectivity index (χ4n) is 1.54. The second-order valence-electron chi connectivity index (χ2n) is 3.94. The summed E-state index contributed by atoms with van der Waals surface area (Å²) in [6, 6.07) is 13.0. The molecule has 0 aliphatic heterocycles. The van der Waals surface area contributed by atoms with Gasteiger partial charge in [-0.25, -0.2) is 5.48 Å². The lowest BCUT2D eigenvalue weighted by Crippen LogP contribution is -2.23. The van der Waals surface area contributed by atoms with E-state index in [0.29, 0.717) is 0 Å². The van der Waals surface area contributed by atoms with E-state index in [1.54, 1.807) is 0 Å². The quantitative estimate of drug-likeness (QED) is 0.733. The number of aromatic hydroxyl groups is 2. The smallest absolute Gasteiger partial charge is 0.275 e. The van der Waals surface area contributed by atoms with Gasteiger partial charge in [-0.05, 0) is 17.7 Å². The van der Waals surface area contributed by atoms with E-state index in [-0.39, 0.29) is 23.7 Å². The molecule has 2 rings (SSSR count). The fourth-order valence-corrected chi connectivity index (χ4v) is 1.54. The minimum atomic E-state index is -0.540. The molecule has 0 spiro atoms. The molecule has 0 radical (unpaired) electrons. The Labute approximate surface area is 110 Å². The molecule has 1 amide bonds. The van der Waals surface area contributed by atoms with Gasteiger partial charge >= 0.3 is 0 Å². The zero-order chi connectivity index (χ0) is 13.7. The molecule has 0 bridgehead atoms. The predicted octanol–water partition coefficient (Wildman–Crippen LogP) is 1.96. The molecular formula is C14H13NO4. The average molecular weight is 259 g/mol. The van der Waals surface area contributed by atoms with Crippen LogP contribution in [0.3, 0.4) is 0 Å². The molecule has 2 aromatic rings. The van der Waals surface area contributed by atoms with Gasteiger partial charge in [-0.1, -0.05) is 30.3 Å². The van der Waals surface area contributed by atoms with E-state index in [1.807, 2.05) is 30.3 Å². The SMILES string of the molecule is O=C(NOCc1ccccc1)c1cc(O)cc(O)c1. The maximum absolute atomic E-state index is 11.7. The van der Waals surface area contributed by atoms with Gasteiger partial charge in [0.2, 0.25) is 0 Å². The molecule has 98 valence electrons. The third-order valence-electron chi connectivity index (χ3n) is 2.41. The Morgan fingerprint density at radius 1 is 1.05 bits per heavy atom. The standard InChI is InChI=1S/C14H13NO4/c16-12-6-11(7-13(17)8-12)14(18)15-19-9-10-4-2-1-3-5-10/h1-8,16-17H,9H2,(H,15,18). The van der Waals surface area contributed by atoms with E-state index in [9.17, 15) is 15.0 Å². The lowest BCUT2D eigenvalue weighted by atomic mass is 10.2. The summed E-state index contributed by atoms with van der Waals surface area (Å²) in [7, 11) is 0. The summed E-state index contributed by atoms with van der Waals surface area (Å²) in [5, 5.41) is 18.5. The van der Waals surface area contributed by atoms with Gasteiger partial charge in [0, 0.05) is 11.6 Å². The largest absolute Gasteiger partial charge is 0.508 e. The normalized spacial score (nSPS) is 10.1. The van der Waals surface area contributed by atoms with E-state index in [2.05, 4.69) is 5.48 Å². The lowest BCUT2D eigenvalue weighted by molar-refractivity contribution is 0.0233. The monoisotopic (exact) mass is 259 g/mol. The number of rotatable bonds is 4. The van der Waals surface area contributed by atoms with Crippen molar-refractivity contribution in [2.45, 2.75) is 6.61 Å². The second-order valence-corrected chi connectivity index (χ2v) is 3.94. The molecule has 0 unspecified atom stereocenters. The lowest BCUT2D eigenvalue weighted by Gasteiger charge is -2.06. The number of amides is 1. The minimum Gasteiger partial charge on any atom is -0.508 e. The van der Waals surface area contributed by atoms with Gasteiger partial charge in [0.05, 0.1) is 6.61 Å². The third kappa shape index (κ3) is 3.72. The molecule has 0 saturated heterocycles. The van der Waals surface area contributed by atoms with Crippen LogP contribution in [0.25, 0.3) is 0 Å². The van der Waals surface area contributed by atoms with Crippen LogP contribution in [0.15, 0.2) is 48.5 Å². The van der Waals surface area contributed by atoms with Crippen molar-refractivity contribution in [1.29, 1.82) is 0 Å². The first-order valence-corrected chi connectivity index (χ1v) is 5.64. The maximum Gasteiger partial charge on any atom is 0.275 e. The molecule has 0 aliphatic carbocycles. The third-order valence-corrected chi connectivity index (χ3v) is 2.41. The van der Waals surface area contributed by atoms with E-state index < -0.39 is 5.91 Å². The van der Waals surface area contributed by atoms with Crippen molar-refractivity contribution in [3.05, 3.63) is 59.7 Å². The van der Waals surface area contributed by atoms with E-state index in [1.165, 1.54) is 12.1 Å². The first-order chi connectivity index (χ1) is 9.15. The molecule has 3 N–H and O–H groups in total. The molecule has 0 atom stereocenters. The molecule has 5 heteroatoms. The first kappa shape index (κ1) is 12.9. The number of phenolic OH excluding ortho intramolecular Hbond substituents is 2. The van der Waals surface area contributed by atoms with E-state index in [0.717, 1.165) is 11.6 Å². The number of hydrogen-bond donors (Lipinski definition) is 3. The Kier molecular flexibility index (Phi) is 4.00. The van der Waals surface area contributed by atoms with Gasteiger partial charge in [-0.15, -0.1) is 0 Å². The van der Waals surface area contributed by atoms with Crippen LogP contribution in [0, 0.1) is 0 Å². The number of benzene rings is 2. The molecule has 0 fully saturated rings. The fraction of sp³-hybridized carbons (Fsp3) is 0.0714. The van der Waals surface area contributed by atoms with Crippen LogP contribution in [-0.4, -0.2) is 16.1 Å². The van der Waals surface area contributed by atoms with Crippen molar-refractivity contribution < 1.29 is 19.8 Å². The molecule has 0 saturated carbocycles. The Morgan fingerprint density at radius 2 is 1.68 bits per heavy atom. The molecule has 19 heavy (non-hydrogen) atoms. The summed E-state index contributed by atoms with van der Waals surface area (Å²) in [6.45, 7) is 0.234. The van der Waals surface area contributed by atoms with E-state index >= 15 is 0 Å². The van der Waals surface area contributed by atoms with Gasteiger partial charge in [0.25, 0.3) is 5.91 Å². The topological polar surface area (TPSA) is 78.8 Å². The van der Waals surface area contributed by atoms with Crippen molar-refractivity contribution in [2.24, 2.45) is 0 Å². The summed E-state index contributed by atoms with van der Waals surface area (Å²) in [6.07, 6.45) is 0. The molecular weight excluding hydrogens is 246 g/mol. The van der Waals surface area contributed by atoms with Crippen LogP contribution in [0.5, 0.6) is 11.5 Å². The van der Waals surface area contributed by atoms with Crippen molar-refractivity contribution >= 4 is 5.91 Å². The molecule has 0 aliphatic rings. The number of hydroxylamine groups is 1. The average Bonchev–Trinajstić information content (AvgIpc) is 2.38. The maximum atomic E-state index is 11.7. The summed E-state index contributed by atoms with van der Waals surface area (Å²) in [4.78, 5) is 16.7. The number of nitrogens with one attached hydrogen (secondary N) is 1. The van der Waals surface area contributed by atoms with E-state index in [4.69, 9.17) is 4.84 Å². The van der Waals surface area contributed by atoms with Crippen LogP contribution in [-0.2, 0) is 11.4 Å². The highest BCUT2D eigenvalue weighted by atomic mass is 16.6. The van der Waals surface area contributed by atoms with Crippen LogP contribution in [0.1, 0.15) is 15.9 Å². The molecule has 5 nitrogen and oxygen atoms in total. The van der Waals surface area contributed by atoms with Crippen LogP contribution >= 0.6 is 0 Å². The van der Waals surface area contributed by atoms with Crippen molar-refractivity contribution in [3.8, 4) is 11.5 Å². The molecule has 0 heterocycles. The Balaban J connectivity index is 1.91. The summed E-state index contributed by atoms with van der Waals surface area (Å²) >= 11 is 0. The van der Waals surface area contributed by atoms with Gasteiger partial charge in [0.1, 0.15) is 11.5 Å². The second kappa shape index (κ2) is 5.88. The summed E-state index contributed by atoms with van der Waals surface area (Å²) in [5.41, 5.74) is 3.28. The van der Waals surface area contributed by atoms with Crippen molar-refractivity contribution in [3.63, 3.8) is 0 Å². The molecule has 0 aromatic heterocycles.